The Kier molecular flexibility index (Phi) is 5.24. The smallest absolute Gasteiger partial charge is 0.235 e. The molecule has 1 aliphatic rings. The SMILES string of the molecule is CC1(C)C=Cc2c(-c3ccc(-c4cccc5ccccc45)cc3)nc(-n3c4ccccc4c4c5ccccc5ccc43)nc21. The van der Waals surface area contributed by atoms with Gasteiger partial charge in [-0.05, 0) is 44.8 Å². The van der Waals surface area contributed by atoms with Crippen LogP contribution in [0.4, 0.5) is 0 Å². The molecule has 0 amide bonds. The number of hydrogen-bond acceptors (Lipinski definition) is 2. The number of allylic oxidation sites excluding steroid dienone is 1. The Morgan fingerprint density at radius 2 is 1.20 bits per heavy atom. The molecule has 9 rings (SSSR count). The highest BCUT2D eigenvalue weighted by Gasteiger charge is 2.31. The van der Waals surface area contributed by atoms with Crippen molar-refractivity contribution in [3.63, 3.8) is 0 Å². The van der Waals surface area contributed by atoms with Crippen molar-refractivity contribution < 1.29 is 0 Å². The molecule has 0 spiro atoms. The Morgan fingerprint density at radius 1 is 0.545 bits per heavy atom. The minimum atomic E-state index is -0.198. The summed E-state index contributed by atoms with van der Waals surface area (Å²) in [6.07, 6.45) is 4.45. The lowest BCUT2D eigenvalue weighted by atomic mass is 9.90. The average Bonchev–Trinajstić information content (AvgIpc) is 3.58. The van der Waals surface area contributed by atoms with Crippen LogP contribution in [0.25, 0.3) is 77.8 Å². The predicted octanol–water partition coefficient (Wildman–Crippen LogP) is 10.5. The van der Waals surface area contributed by atoms with Gasteiger partial charge in [0.05, 0.1) is 22.4 Å². The molecule has 0 atom stereocenters. The minimum absolute atomic E-state index is 0.198. The van der Waals surface area contributed by atoms with Crippen LogP contribution < -0.4 is 0 Å². The first-order valence-electron chi connectivity index (χ1n) is 15.2. The number of benzene rings is 6. The van der Waals surface area contributed by atoms with E-state index >= 15 is 0 Å². The first kappa shape index (κ1) is 25.0. The van der Waals surface area contributed by atoms with Gasteiger partial charge in [0, 0.05) is 27.3 Å². The summed E-state index contributed by atoms with van der Waals surface area (Å²) in [6.45, 7) is 4.47. The highest BCUT2D eigenvalue weighted by molar-refractivity contribution is 6.21. The zero-order valence-electron chi connectivity index (χ0n) is 24.6. The van der Waals surface area contributed by atoms with Gasteiger partial charge < -0.3 is 0 Å². The number of hydrogen-bond donors (Lipinski definition) is 0. The first-order chi connectivity index (χ1) is 21.6. The molecule has 0 radical (unpaired) electrons. The number of nitrogens with zero attached hydrogens (tertiary/aromatic N) is 3. The van der Waals surface area contributed by atoms with Crippen molar-refractivity contribution in [1.29, 1.82) is 0 Å². The predicted molar refractivity (Wildman–Crippen MR) is 184 cm³/mol. The van der Waals surface area contributed by atoms with Gasteiger partial charge in [0.25, 0.3) is 0 Å². The molecule has 0 saturated carbocycles. The maximum atomic E-state index is 5.36. The molecule has 3 heteroatoms. The molecular weight excluding hydrogens is 534 g/mol. The van der Waals surface area contributed by atoms with Crippen molar-refractivity contribution >= 4 is 49.4 Å². The second-order valence-electron chi connectivity index (χ2n) is 12.3. The summed E-state index contributed by atoms with van der Waals surface area (Å²) in [5, 5.41) is 7.43. The average molecular weight is 564 g/mol. The van der Waals surface area contributed by atoms with Gasteiger partial charge in [0.2, 0.25) is 5.95 Å². The van der Waals surface area contributed by atoms with Crippen molar-refractivity contribution in [1.82, 2.24) is 14.5 Å². The van der Waals surface area contributed by atoms with Crippen LogP contribution in [-0.2, 0) is 5.41 Å². The Labute approximate surface area is 255 Å². The maximum absolute atomic E-state index is 5.36. The molecule has 0 aliphatic heterocycles. The molecule has 0 bridgehead atoms. The minimum Gasteiger partial charge on any atom is -0.278 e. The summed E-state index contributed by atoms with van der Waals surface area (Å²) >= 11 is 0. The fraction of sp³-hybridized carbons (Fsp3) is 0.0732. The molecule has 44 heavy (non-hydrogen) atoms. The van der Waals surface area contributed by atoms with Gasteiger partial charge in [-0.3, -0.25) is 4.57 Å². The fourth-order valence-corrected chi connectivity index (χ4v) is 7.04. The van der Waals surface area contributed by atoms with Crippen molar-refractivity contribution in [3.05, 3.63) is 145 Å². The van der Waals surface area contributed by atoms with Gasteiger partial charge in [0.1, 0.15) is 0 Å². The van der Waals surface area contributed by atoms with E-state index in [0.717, 1.165) is 33.5 Å². The molecule has 1 aliphatic carbocycles. The number of para-hydroxylation sites is 1. The number of aromatic nitrogens is 3. The molecule has 8 aromatic rings. The molecule has 3 nitrogen and oxygen atoms in total. The van der Waals surface area contributed by atoms with Gasteiger partial charge in [0.15, 0.2) is 0 Å². The highest BCUT2D eigenvalue weighted by Crippen LogP contribution is 2.42. The van der Waals surface area contributed by atoms with Crippen LogP contribution >= 0.6 is 0 Å². The summed E-state index contributed by atoms with van der Waals surface area (Å²) in [7, 11) is 0. The van der Waals surface area contributed by atoms with Gasteiger partial charge in [-0.2, -0.15) is 0 Å². The van der Waals surface area contributed by atoms with Crippen LogP contribution in [0.3, 0.4) is 0 Å². The maximum Gasteiger partial charge on any atom is 0.235 e. The van der Waals surface area contributed by atoms with E-state index in [2.05, 4.69) is 158 Å². The Hall–Kier alpha value is -5.54. The van der Waals surface area contributed by atoms with E-state index in [1.165, 1.54) is 43.4 Å². The largest absolute Gasteiger partial charge is 0.278 e. The number of rotatable bonds is 3. The normalized spacial score (nSPS) is 13.8. The van der Waals surface area contributed by atoms with Gasteiger partial charge in [-0.25, -0.2) is 9.97 Å². The third-order valence-electron chi connectivity index (χ3n) is 9.23. The molecule has 0 saturated heterocycles. The van der Waals surface area contributed by atoms with Gasteiger partial charge >= 0.3 is 0 Å². The Balaban J connectivity index is 1.27. The summed E-state index contributed by atoms with van der Waals surface area (Å²) in [4.78, 5) is 10.7. The van der Waals surface area contributed by atoms with E-state index in [1.807, 2.05) is 0 Å². The van der Waals surface area contributed by atoms with E-state index in [4.69, 9.17) is 9.97 Å². The van der Waals surface area contributed by atoms with Crippen LogP contribution in [0, 0.1) is 0 Å². The lowest BCUT2D eigenvalue weighted by molar-refractivity contribution is 0.651. The van der Waals surface area contributed by atoms with Crippen LogP contribution in [0.15, 0.2) is 133 Å². The van der Waals surface area contributed by atoms with Gasteiger partial charge in [-0.1, -0.05) is 141 Å². The second-order valence-corrected chi connectivity index (χ2v) is 12.3. The first-order valence-corrected chi connectivity index (χ1v) is 15.2. The molecule has 2 aromatic heterocycles. The van der Waals surface area contributed by atoms with Crippen molar-refractivity contribution in [3.8, 4) is 28.3 Å². The number of fused-ring (bicyclic) bond motifs is 7. The summed E-state index contributed by atoms with van der Waals surface area (Å²) in [5.74, 6) is 0.704. The van der Waals surface area contributed by atoms with Gasteiger partial charge in [-0.15, -0.1) is 0 Å². The zero-order valence-corrected chi connectivity index (χ0v) is 24.6. The van der Waals surface area contributed by atoms with E-state index in [9.17, 15) is 0 Å². The molecule has 208 valence electrons. The van der Waals surface area contributed by atoms with Crippen molar-refractivity contribution in [2.24, 2.45) is 0 Å². The molecular formula is C41H29N3. The monoisotopic (exact) mass is 563 g/mol. The van der Waals surface area contributed by atoms with Crippen LogP contribution in [-0.4, -0.2) is 14.5 Å². The quantitative estimate of drug-likeness (QED) is 0.214. The second kappa shape index (κ2) is 9.23. The van der Waals surface area contributed by atoms with Crippen molar-refractivity contribution in [2.45, 2.75) is 19.3 Å². The molecule has 0 N–H and O–H groups in total. The molecule has 0 unspecified atom stereocenters. The third-order valence-corrected chi connectivity index (χ3v) is 9.23. The molecule has 2 heterocycles. The third kappa shape index (κ3) is 3.62. The molecule has 0 fully saturated rings. The lowest BCUT2D eigenvalue weighted by Gasteiger charge is -2.20. The molecule has 6 aromatic carbocycles. The zero-order chi connectivity index (χ0) is 29.4. The summed E-state index contributed by atoms with van der Waals surface area (Å²) in [5.41, 5.74) is 8.67. The highest BCUT2D eigenvalue weighted by atomic mass is 15.2. The van der Waals surface area contributed by atoms with Crippen LogP contribution in [0.1, 0.15) is 25.1 Å². The van der Waals surface area contributed by atoms with E-state index in [1.54, 1.807) is 0 Å². The summed E-state index contributed by atoms with van der Waals surface area (Å²) < 4.78 is 2.25. The summed E-state index contributed by atoms with van der Waals surface area (Å²) in [6, 6.07) is 45.6. The Bertz CT molecular complexity index is 2460. The van der Waals surface area contributed by atoms with Crippen LogP contribution in [0.2, 0.25) is 0 Å². The lowest BCUT2D eigenvalue weighted by Crippen LogP contribution is -2.16. The topological polar surface area (TPSA) is 30.7 Å². The fourth-order valence-electron chi connectivity index (χ4n) is 7.04. The van der Waals surface area contributed by atoms with Crippen molar-refractivity contribution in [2.75, 3.05) is 0 Å². The van der Waals surface area contributed by atoms with E-state index < -0.39 is 0 Å². The standard InChI is InChI=1S/C41H29N3/c1-41(2)25-24-34-38(29-20-18-28(19-21-29)31-16-9-12-26-10-3-5-13-30(26)31)42-40(43-39(34)41)44-35-17-8-7-15-33(35)37-32-14-6-4-11-27(32)22-23-36(37)44/h3-25H,1-2H3. The van der Waals surface area contributed by atoms with Crippen LogP contribution in [0.5, 0.6) is 0 Å². The van der Waals surface area contributed by atoms with E-state index in [0.29, 0.717) is 5.95 Å². The Morgan fingerprint density at radius 3 is 2.02 bits per heavy atom. The van der Waals surface area contributed by atoms with E-state index in [-0.39, 0.29) is 5.41 Å².